The molecule has 116 valence electrons. The highest BCUT2D eigenvalue weighted by atomic mass is 16.5. The number of aromatic nitrogens is 2. The van der Waals surface area contributed by atoms with Crippen molar-refractivity contribution in [2.75, 3.05) is 30.9 Å². The first-order valence-corrected chi connectivity index (χ1v) is 7.43. The zero-order chi connectivity index (χ0) is 15.2. The molecule has 1 aromatic carbocycles. The molecular weight excluding hydrogens is 280 g/mol. The van der Waals surface area contributed by atoms with Crippen molar-refractivity contribution < 1.29 is 9.47 Å². The van der Waals surface area contributed by atoms with E-state index in [4.69, 9.17) is 9.47 Å². The number of hydrogen-bond acceptors (Lipinski definition) is 6. The molecule has 1 aromatic heterocycles. The van der Waals surface area contributed by atoms with Crippen molar-refractivity contribution in [2.24, 2.45) is 0 Å². The van der Waals surface area contributed by atoms with Gasteiger partial charge in [-0.05, 0) is 37.1 Å². The maximum absolute atomic E-state index is 5.65. The number of benzene rings is 1. The third-order valence-corrected chi connectivity index (χ3v) is 3.33. The summed E-state index contributed by atoms with van der Waals surface area (Å²) < 4.78 is 10.8. The van der Waals surface area contributed by atoms with Gasteiger partial charge >= 0.3 is 0 Å². The molecule has 1 aliphatic rings. The van der Waals surface area contributed by atoms with Crippen molar-refractivity contribution in [3.8, 4) is 11.5 Å². The van der Waals surface area contributed by atoms with E-state index in [1.54, 1.807) is 13.4 Å². The summed E-state index contributed by atoms with van der Waals surface area (Å²) in [5.41, 5.74) is 0. The van der Waals surface area contributed by atoms with Gasteiger partial charge in [-0.1, -0.05) is 0 Å². The molecule has 1 fully saturated rings. The zero-order valence-electron chi connectivity index (χ0n) is 12.6. The Kier molecular flexibility index (Phi) is 4.58. The molecule has 1 heterocycles. The maximum atomic E-state index is 5.65. The Morgan fingerprint density at radius 1 is 1.09 bits per heavy atom. The maximum Gasteiger partial charge on any atom is 0.131 e. The summed E-state index contributed by atoms with van der Waals surface area (Å²) in [5, 5.41) is 6.58. The summed E-state index contributed by atoms with van der Waals surface area (Å²) in [4.78, 5) is 8.41. The molecule has 2 N–H and O–H groups in total. The van der Waals surface area contributed by atoms with E-state index >= 15 is 0 Å². The van der Waals surface area contributed by atoms with Crippen LogP contribution in [-0.2, 0) is 0 Å². The Hall–Kier alpha value is -2.50. The monoisotopic (exact) mass is 300 g/mol. The lowest BCUT2D eigenvalue weighted by molar-refractivity contribution is 0.331. The fraction of sp³-hybridized carbons (Fsp3) is 0.375. The van der Waals surface area contributed by atoms with E-state index in [1.807, 2.05) is 30.3 Å². The van der Waals surface area contributed by atoms with Crippen molar-refractivity contribution in [1.29, 1.82) is 0 Å². The van der Waals surface area contributed by atoms with Gasteiger partial charge in [-0.3, -0.25) is 0 Å². The number of hydrogen-bond donors (Lipinski definition) is 2. The van der Waals surface area contributed by atoms with Crippen LogP contribution in [0.25, 0.3) is 0 Å². The SMILES string of the molecule is COc1ccc(OCCNc2cc(NC3CC3)ncn2)cc1. The van der Waals surface area contributed by atoms with Gasteiger partial charge in [-0.2, -0.15) is 0 Å². The molecule has 3 rings (SSSR count). The van der Waals surface area contributed by atoms with Crippen molar-refractivity contribution in [3.05, 3.63) is 36.7 Å². The van der Waals surface area contributed by atoms with Crippen LogP contribution in [0.3, 0.4) is 0 Å². The summed E-state index contributed by atoms with van der Waals surface area (Å²) in [7, 11) is 1.65. The normalized spacial score (nSPS) is 13.5. The van der Waals surface area contributed by atoms with Crippen LogP contribution in [0.1, 0.15) is 12.8 Å². The fourth-order valence-electron chi connectivity index (χ4n) is 1.99. The number of methoxy groups -OCH3 is 1. The van der Waals surface area contributed by atoms with Gasteiger partial charge in [-0.15, -0.1) is 0 Å². The first-order valence-electron chi connectivity index (χ1n) is 7.43. The molecule has 6 heteroatoms. The van der Waals surface area contributed by atoms with E-state index in [-0.39, 0.29) is 0 Å². The van der Waals surface area contributed by atoms with E-state index in [0.29, 0.717) is 19.2 Å². The molecule has 0 atom stereocenters. The third-order valence-electron chi connectivity index (χ3n) is 3.33. The molecule has 0 bridgehead atoms. The summed E-state index contributed by atoms with van der Waals surface area (Å²) in [6.07, 6.45) is 4.02. The molecular formula is C16H20N4O2. The van der Waals surface area contributed by atoms with Crippen LogP contribution in [0.5, 0.6) is 11.5 Å². The summed E-state index contributed by atoms with van der Waals surface area (Å²) in [6.45, 7) is 1.23. The standard InChI is InChI=1S/C16H20N4O2/c1-21-13-4-6-14(7-5-13)22-9-8-17-15-10-16(19-11-18-15)20-12-2-3-12/h4-7,10-12H,2-3,8-9H2,1H3,(H2,17,18,19,20). The minimum Gasteiger partial charge on any atom is -0.497 e. The smallest absolute Gasteiger partial charge is 0.131 e. The highest BCUT2D eigenvalue weighted by molar-refractivity contribution is 5.47. The number of nitrogens with zero attached hydrogens (tertiary/aromatic N) is 2. The van der Waals surface area contributed by atoms with Crippen molar-refractivity contribution in [1.82, 2.24) is 9.97 Å². The average molecular weight is 300 g/mol. The number of rotatable bonds is 8. The molecule has 1 saturated carbocycles. The Bertz CT molecular complexity index is 599. The zero-order valence-corrected chi connectivity index (χ0v) is 12.6. The van der Waals surface area contributed by atoms with Crippen LogP contribution >= 0.6 is 0 Å². The minimum absolute atomic E-state index is 0.557. The number of nitrogens with one attached hydrogen (secondary N) is 2. The molecule has 1 aliphatic carbocycles. The Balaban J connectivity index is 1.42. The lowest BCUT2D eigenvalue weighted by atomic mass is 10.3. The minimum atomic E-state index is 0.557. The Morgan fingerprint density at radius 2 is 1.82 bits per heavy atom. The van der Waals surface area contributed by atoms with Gasteiger partial charge in [0.05, 0.1) is 13.7 Å². The lowest BCUT2D eigenvalue weighted by Crippen LogP contribution is -2.13. The number of anilines is 2. The molecule has 0 amide bonds. The molecule has 0 radical (unpaired) electrons. The predicted molar refractivity (Wildman–Crippen MR) is 85.7 cm³/mol. The van der Waals surface area contributed by atoms with Crippen LogP contribution in [-0.4, -0.2) is 36.3 Å². The predicted octanol–water partition coefficient (Wildman–Crippen LogP) is 2.55. The topological polar surface area (TPSA) is 68.3 Å². The summed E-state index contributed by atoms with van der Waals surface area (Å²) in [5.74, 6) is 3.32. The van der Waals surface area contributed by atoms with Crippen LogP contribution in [0.2, 0.25) is 0 Å². The van der Waals surface area contributed by atoms with Gasteiger partial charge in [0.15, 0.2) is 0 Å². The van der Waals surface area contributed by atoms with Crippen LogP contribution in [0.4, 0.5) is 11.6 Å². The molecule has 0 aliphatic heterocycles. The van der Waals surface area contributed by atoms with E-state index < -0.39 is 0 Å². The molecule has 2 aromatic rings. The largest absolute Gasteiger partial charge is 0.497 e. The molecule has 0 spiro atoms. The van der Waals surface area contributed by atoms with Gasteiger partial charge in [0.1, 0.15) is 36.1 Å². The third kappa shape index (κ3) is 4.25. The quantitative estimate of drug-likeness (QED) is 0.730. The fourth-order valence-corrected chi connectivity index (χ4v) is 1.99. The summed E-state index contributed by atoms with van der Waals surface area (Å²) in [6, 6.07) is 10.0. The average Bonchev–Trinajstić information content (AvgIpc) is 3.36. The molecule has 0 saturated heterocycles. The molecule has 0 unspecified atom stereocenters. The van der Waals surface area contributed by atoms with Crippen LogP contribution in [0.15, 0.2) is 36.7 Å². The van der Waals surface area contributed by atoms with Gasteiger partial charge in [-0.25, -0.2) is 9.97 Å². The van der Waals surface area contributed by atoms with Gasteiger partial charge in [0, 0.05) is 12.1 Å². The highest BCUT2D eigenvalue weighted by Crippen LogP contribution is 2.24. The second-order valence-electron chi connectivity index (χ2n) is 5.16. The number of ether oxygens (including phenoxy) is 2. The van der Waals surface area contributed by atoms with Gasteiger partial charge in [0.2, 0.25) is 0 Å². The van der Waals surface area contributed by atoms with E-state index in [9.17, 15) is 0 Å². The van der Waals surface area contributed by atoms with Crippen LogP contribution in [0, 0.1) is 0 Å². The summed E-state index contributed by atoms with van der Waals surface area (Å²) >= 11 is 0. The highest BCUT2D eigenvalue weighted by Gasteiger charge is 2.21. The van der Waals surface area contributed by atoms with Crippen molar-refractivity contribution in [3.63, 3.8) is 0 Å². The molecule has 22 heavy (non-hydrogen) atoms. The first kappa shape index (κ1) is 14.4. The second-order valence-corrected chi connectivity index (χ2v) is 5.16. The Labute approximate surface area is 129 Å². The Morgan fingerprint density at radius 3 is 2.55 bits per heavy atom. The van der Waals surface area contributed by atoms with Crippen molar-refractivity contribution >= 4 is 11.6 Å². The second kappa shape index (κ2) is 6.98. The van der Waals surface area contributed by atoms with E-state index in [0.717, 1.165) is 23.1 Å². The first-order chi connectivity index (χ1) is 10.8. The van der Waals surface area contributed by atoms with Crippen molar-refractivity contribution in [2.45, 2.75) is 18.9 Å². The van der Waals surface area contributed by atoms with E-state index in [1.165, 1.54) is 12.8 Å². The van der Waals surface area contributed by atoms with Crippen LogP contribution < -0.4 is 20.1 Å². The van der Waals surface area contributed by atoms with Gasteiger partial charge < -0.3 is 20.1 Å². The molecule has 6 nitrogen and oxygen atoms in total. The van der Waals surface area contributed by atoms with E-state index in [2.05, 4.69) is 20.6 Å². The van der Waals surface area contributed by atoms with Gasteiger partial charge in [0.25, 0.3) is 0 Å². The lowest BCUT2D eigenvalue weighted by Gasteiger charge is -2.09.